The van der Waals surface area contributed by atoms with Crippen molar-refractivity contribution < 1.29 is 4.74 Å². The van der Waals surface area contributed by atoms with Crippen molar-refractivity contribution >= 4 is 33.9 Å². The summed E-state index contributed by atoms with van der Waals surface area (Å²) in [7, 11) is 1.65. The first-order valence-corrected chi connectivity index (χ1v) is 8.97. The number of methoxy groups -OCH3 is 1. The van der Waals surface area contributed by atoms with E-state index in [1.54, 1.807) is 13.3 Å². The van der Waals surface area contributed by atoms with Crippen molar-refractivity contribution in [1.29, 1.82) is 0 Å². The predicted molar refractivity (Wildman–Crippen MR) is 112 cm³/mol. The number of hydrogen-bond donors (Lipinski definition) is 2. The number of aromatic nitrogens is 1. The normalized spacial score (nSPS) is 11.8. The maximum atomic E-state index is 5.52. The van der Waals surface area contributed by atoms with Gasteiger partial charge in [0.25, 0.3) is 0 Å². The Labute approximate surface area is 159 Å². The van der Waals surface area contributed by atoms with Crippen LogP contribution < -0.4 is 15.4 Å². The third kappa shape index (κ3) is 3.78. The number of nitrogens with one attached hydrogen (secondary N) is 2. The summed E-state index contributed by atoms with van der Waals surface area (Å²) in [5.41, 5.74) is 5.49. The van der Waals surface area contributed by atoms with Crippen LogP contribution >= 0.6 is 12.2 Å². The second-order valence-corrected chi connectivity index (χ2v) is 6.79. The molecule has 5 heteroatoms. The molecule has 0 radical (unpaired) electrons. The smallest absolute Gasteiger partial charge is 0.171 e. The highest BCUT2D eigenvalue weighted by atomic mass is 32.1. The van der Waals surface area contributed by atoms with E-state index in [4.69, 9.17) is 17.0 Å². The van der Waals surface area contributed by atoms with Crippen molar-refractivity contribution in [3.05, 3.63) is 65.4 Å². The first-order valence-electron chi connectivity index (χ1n) is 8.56. The molecule has 3 aromatic rings. The number of rotatable bonds is 4. The molecule has 134 valence electrons. The van der Waals surface area contributed by atoms with E-state index in [1.807, 2.05) is 24.3 Å². The minimum absolute atomic E-state index is 0.108. The molecule has 1 atom stereocenters. The van der Waals surface area contributed by atoms with E-state index in [0.29, 0.717) is 5.11 Å². The second-order valence-electron chi connectivity index (χ2n) is 6.38. The van der Waals surface area contributed by atoms with Gasteiger partial charge < -0.3 is 15.4 Å². The molecule has 2 aromatic carbocycles. The zero-order valence-corrected chi connectivity index (χ0v) is 16.3. The number of aryl methyl sites for hydroxylation is 2. The van der Waals surface area contributed by atoms with Crippen LogP contribution in [0.3, 0.4) is 0 Å². The lowest BCUT2D eigenvalue weighted by Crippen LogP contribution is -2.31. The molecule has 0 unspecified atom stereocenters. The minimum Gasteiger partial charge on any atom is -0.494 e. The summed E-state index contributed by atoms with van der Waals surface area (Å²) >= 11 is 5.52. The zero-order chi connectivity index (χ0) is 18.7. The molecule has 0 bridgehead atoms. The number of nitrogens with zero attached hydrogens (tertiary/aromatic N) is 1. The van der Waals surface area contributed by atoms with Gasteiger partial charge in [-0.2, -0.15) is 0 Å². The van der Waals surface area contributed by atoms with Crippen molar-refractivity contribution in [2.24, 2.45) is 0 Å². The van der Waals surface area contributed by atoms with Gasteiger partial charge in [-0.05, 0) is 73.9 Å². The van der Waals surface area contributed by atoms with Crippen LogP contribution in [-0.4, -0.2) is 17.2 Å². The molecule has 3 rings (SSSR count). The van der Waals surface area contributed by atoms with Crippen molar-refractivity contribution in [2.75, 3.05) is 12.4 Å². The topological polar surface area (TPSA) is 46.2 Å². The van der Waals surface area contributed by atoms with Crippen LogP contribution in [-0.2, 0) is 0 Å². The molecule has 0 saturated heterocycles. The first-order chi connectivity index (χ1) is 12.5. The fourth-order valence-electron chi connectivity index (χ4n) is 2.89. The third-order valence-electron chi connectivity index (χ3n) is 4.58. The number of benzene rings is 2. The highest BCUT2D eigenvalue weighted by molar-refractivity contribution is 7.80. The van der Waals surface area contributed by atoms with E-state index in [2.05, 4.69) is 54.6 Å². The third-order valence-corrected chi connectivity index (χ3v) is 4.80. The van der Waals surface area contributed by atoms with Crippen LogP contribution in [0.5, 0.6) is 5.75 Å². The van der Waals surface area contributed by atoms with Crippen LogP contribution in [0.2, 0.25) is 0 Å². The summed E-state index contributed by atoms with van der Waals surface area (Å²) in [6.07, 6.45) is 1.76. The van der Waals surface area contributed by atoms with Gasteiger partial charge in [0, 0.05) is 17.3 Å². The van der Waals surface area contributed by atoms with E-state index in [1.165, 1.54) is 16.7 Å². The Balaban J connectivity index is 1.78. The van der Waals surface area contributed by atoms with E-state index in [0.717, 1.165) is 22.3 Å². The number of pyridine rings is 1. The quantitative estimate of drug-likeness (QED) is 0.644. The average Bonchev–Trinajstić information content (AvgIpc) is 2.64. The largest absolute Gasteiger partial charge is 0.494 e. The molecule has 26 heavy (non-hydrogen) atoms. The van der Waals surface area contributed by atoms with Gasteiger partial charge in [-0.3, -0.25) is 4.98 Å². The molecule has 0 fully saturated rings. The summed E-state index contributed by atoms with van der Waals surface area (Å²) < 4.78 is 5.39. The standard InChI is InChI=1S/C21H23N3OS/c1-13-7-8-16(12-14(13)2)15(3)23-21(26)24-18-9-10-19(25-4)20-17(18)6-5-11-22-20/h5-12,15H,1-4H3,(H2,23,24,26)/t15-/m1/s1. The molecule has 0 amide bonds. The second kappa shape index (κ2) is 7.70. The van der Waals surface area contributed by atoms with Gasteiger partial charge in [-0.15, -0.1) is 0 Å². The van der Waals surface area contributed by atoms with Gasteiger partial charge in [0.1, 0.15) is 11.3 Å². The van der Waals surface area contributed by atoms with E-state index < -0.39 is 0 Å². The molecule has 0 aliphatic rings. The fourth-order valence-corrected chi connectivity index (χ4v) is 3.18. The van der Waals surface area contributed by atoms with Crippen molar-refractivity contribution in [2.45, 2.75) is 26.8 Å². The molecule has 0 aliphatic carbocycles. The van der Waals surface area contributed by atoms with Crippen LogP contribution in [0.4, 0.5) is 5.69 Å². The molecule has 0 spiro atoms. The zero-order valence-electron chi connectivity index (χ0n) is 15.5. The van der Waals surface area contributed by atoms with Gasteiger partial charge in [-0.1, -0.05) is 18.2 Å². The Morgan fingerprint density at radius 1 is 1.12 bits per heavy atom. The lowest BCUT2D eigenvalue weighted by Gasteiger charge is -2.19. The van der Waals surface area contributed by atoms with Crippen molar-refractivity contribution in [3.8, 4) is 5.75 Å². The Hall–Kier alpha value is -2.66. The molecular formula is C21H23N3OS. The van der Waals surface area contributed by atoms with Crippen LogP contribution in [0, 0.1) is 13.8 Å². The summed E-state index contributed by atoms with van der Waals surface area (Å²) in [5.74, 6) is 0.744. The minimum atomic E-state index is 0.108. The maximum Gasteiger partial charge on any atom is 0.171 e. The Morgan fingerprint density at radius 3 is 2.65 bits per heavy atom. The number of hydrogen-bond acceptors (Lipinski definition) is 3. The molecule has 2 N–H and O–H groups in total. The first kappa shape index (κ1) is 18.1. The van der Waals surface area contributed by atoms with Gasteiger partial charge in [-0.25, -0.2) is 0 Å². The summed E-state index contributed by atoms with van der Waals surface area (Å²) in [4.78, 5) is 4.42. The van der Waals surface area contributed by atoms with Crippen LogP contribution in [0.1, 0.15) is 29.7 Å². The highest BCUT2D eigenvalue weighted by Crippen LogP contribution is 2.29. The number of thiocarbonyl (C=S) groups is 1. The Kier molecular flexibility index (Phi) is 5.38. The van der Waals surface area contributed by atoms with E-state index >= 15 is 0 Å². The lowest BCUT2D eigenvalue weighted by atomic mass is 10.0. The maximum absolute atomic E-state index is 5.52. The monoisotopic (exact) mass is 365 g/mol. The highest BCUT2D eigenvalue weighted by Gasteiger charge is 2.11. The fraction of sp³-hybridized carbons (Fsp3) is 0.238. The number of ether oxygens (including phenoxy) is 1. The Bertz CT molecular complexity index is 955. The SMILES string of the molecule is COc1ccc(NC(=S)N[C@H](C)c2ccc(C)c(C)c2)c2cccnc12. The molecule has 1 heterocycles. The lowest BCUT2D eigenvalue weighted by molar-refractivity contribution is 0.419. The molecule has 4 nitrogen and oxygen atoms in total. The van der Waals surface area contributed by atoms with Gasteiger partial charge >= 0.3 is 0 Å². The average molecular weight is 366 g/mol. The van der Waals surface area contributed by atoms with Gasteiger partial charge in [0.2, 0.25) is 0 Å². The molecule has 0 saturated carbocycles. The molecule has 1 aromatic heterocycles. The Morgan fingerprint density at radius 2 is 1.92 bits per heavy atom. The molecular weight excluding hydrogens is 342 g/mol. The summed E-state index contributed by atoms with van der Waals surface area (Å²) in [6, 6.07) is 14.3. The van der Waals surface area contributed by atoms with E-state index in [-0.39, 0.29) is 6.04 Å². The van der Waals surface area contributed by atoms with Gasteiger partial charge in [0.05, 0.1) is 13.2 Å². The van der Waals surface area contributed by atoms with E-state index in [9.17, 15) is 0 Å². The summed E-state index contributed by atoms with van der Waals surface area (Å²) in [5, 5.41) is 8.18. The van der Waals surface area contributed by atoms with Crippen LogP contribution in [0.15, 0.2) is 48.7 Å². The van der Waals surface area contributed by atoms with Crippen molar-refractivity contribution in [3.63, 3.8) is 0 Å². The van der Waals surface area contributed by atoms with Gasteiger partial charge in [0.15, 0.2) is 5.11 Å². The van der Waals surface area contributed by atoms with Crippen molar-refractivity contribution in [1.82, 2.24) is 10.3 Å². The molecule has 0 aliphatic heterocycles. The predicted octanol–water partition coefficient (Wildman–Crippen LogP) is 4.91. The number of anilines is 1. The summed E-state index contributed by atoms with van der Waals surface area (Å²) in [6.45, 7) is 6.34. The van der Waals surface area contributed by atoms with Crippen LogP contribution in [0.25, 0.3) is 10.9 Å². The number of fused-ring (bicyclic) bond motifs is 1.